The van der Waals surface area contributed by atoms with Gasteiger partial charge in [0, 0.05) is 35.7 Å². The zero-order chi connectivity index (χ0) is 19.6. The predicted octanol–water partition coefficient (Wildman–Crippen LogP) is 3.30. The average molecular weight is 362 g/mol. The lowest BCUT2D eigenvalue weighted by molar-refractivity contribution is -0.112. The lowest BCUT2D eigenvalue weighted by Gasteiger charge is -2.07. The summed E-state index contributed by atoms with van der Waals surface area (Å²) >= 11 is 0. The number of nitriles is 1. The molecule has 0 saturated carbocycles. The molecular formula is C21H22N4O2. The van der Waals surface area contributed by atoms with E-state index in [9.17, 15) is 14.9 Å². The normalized spacial score (nSPS) is 13.1. The summed E-state index contributed by atoms with van der Waals surface area (Å²) in [5.74, 6) is -0.642. The van der Waals surface area contributed by atoms with Gasteiger partial charge in [-0.25, -0.2) is 0 Å². The average Bonchev–Trinajstić information content (AvgIpc) is 3.14. The molecule has 6 nitrogen and oxygen atoms in total. The second-order valence-corrected chi connectivity index (χ2v) is 6.66. The molecule has 138 valence electrons. The molecule has 1 aromatic heterocycles. The van der Waals surface area contributed by atoms with E-state index in [0.717, 1.165) is 35.5 Å². The van der Waals surface area contributed by atoms with Crippen molar-refractivity contribution in [1.82, 2.24) is 9.88 Å². The molecule has 0 unspecified atom stereocenters. The second-order valence-electron chi connectivity index (χ2n) is 6.66. The summed E-state index contributed by atoms with van der Waals surface area (Å²) in [6, 6.07) is 9.14. The van der Waals surface area contributed by atoms with Gasteiger partial charge < -0.3 is 15.2 Å². The minimum absolute atomic E-state index is 0.0247. The van der Waals surface area contributed by atoms with Crippen molar-refractivity contribution in [3.63, 3.8) is 0 Å². The molecule has 3 rings (SSSR count). The van der Waals surface area contributed by atoms with Crippen molar-refractivity contribution in [2.24, 2.45) is 0 Å². The van der Waals surface area contributed by atoms with Crippen molar-refractivity contribution in [1.29, 1.82) is 5.26 Å². The van der Waals surface area contributed by atoms with Crippen LogP contribution in [0.2, 0.25) is 0 Å². The van der Waals surface area contributed by atoms with Gasteiger partial charge >= 0.3 is 0 Å². The minimum Gasteiger partial charge on any atom is -0.349 e. The molecule has 0 saturated heterocycles. The number of aromatic nitrogens is 1. The van der Waals surface area contributed by atoms with Crippen LogP contribution in [0.1, 0.15) is 46.2 Å². The molecule has 27 heavy (non-hydrogen) atoms. The first kappa shape index (κ1) is 18.5. The van der Waals surface area contributed by atoms with Gasteiger partial charge in [-0.3, -0.25) is 9.59 Å². The lowest BCUT2D eigenvalue weighted by Crippen LogP contribution is -2.15. The molecule has 0 aliphatic carbocycles. The summed E-state index contributed by atoms with van der Waals surface area (Å²) < 4.78 is 2.18. The number of rotatable bonds is 5. The van der Waals surface area contributed by atoms with E-state index in [2.05, 4.69) is 22.1 Å². The van der Waals surface area contributed by atoms with Gasteiger partial charge in [0.15, 0.2) is 0 Å². The summed E-state index contributed by atoms with van der Waals surface area (Å²) in [5, 5.41) is 14.9. The van der Waals surface area contributed by atoms with E-state index in [0.29, 0.717) is 17.8 Å². The highest BCUT2D eigenvalue weighted by Gasteiger charge is 2.20. The first-order valence-electron chi connectivity index (χ1n) is 8.95. The molecule has 0 radical (unpaired) electrons. The zero-order valence-corrected chi connectivity index (χ0v) is 15.7. The minimum atomic E-state index is -0.490. The Kier molecular flexibility index (Phi) is 5.13. The van der Waals surface area contributed by atoms with Crippen molar-refractivity contribution in [3.05, 3.63) is 57.9 Å². The van der Waals surface area contributed by atoms with Crippen LogP contribution in [0.15, 0.2) is 29.8 Å². The van der Waals surface area contributed by atoms with Crippen LogP contribution < -0.4 is 10.6 Å². The Labute approximate surface area is 158 Å². The first-order valence-corrected chi connectivity index (χ1v) is 8.95. The standard InChI is InChI=1S/C21H22N4O2/c1-4-7-25-13(2)8-16(14(25)3)9-17(11-22)20(26)24-18-6-5-15-12-23-21(27)19(15)10-18/h5-6,8-10H,4,7,12H2,1-3H3,(H,23,27)(H,24,26)/b17-9-. The molecule has 0 spiro atoms. The topological polar surface area (TPSA) is 86.9 Å². The quantitative estimate of drug-likeness (QED) is 0.632. The molecule has 0 atom stereocenters. The van der Waals surface area contributed by atoms with Crippen LogP contribution in [-0.4, -0.2) is 16.4 Å². The van der Waals surface area contributed by atoms with Crippen molar-refractivity contribution >= 4 is 23.6 Å². The molecule has 1 aliphatic rings. The molecule has 0 bridgehead atoms. The van der Waals surface area contributed by atoms with Gasteiger partial charge in [0.05, 0.1) is 0 Å². The molecular weight excluding hydrogens is 340 g/mol. The van der Waals surface area contributed by atoms with Crippen molar-refractivity contribution in [3.8, 4) is 6.07 Å². The van der Waals surface area contributed by atoms with E-state index in [1.54, 1.807) is 24.3 Å². The maximum atomic E-state index is 12.5. The third-order valence-corrected chi connectivity index (χ3v) is 4.78. The number of aryl methyl sites for hydroxylation is 1. The fraction of sp³-hybridized carbons (Fsp3) is 0.286. The lowest BCUT2D eigenvalue weighted by atomic mass is 10.1. The molecule has 2 aromatic rings. The van der Waals surface area contributed by atoms with E-state index < -0.39 is 5.91 Å². The summed E-state index contributed by atoms with van der Waals surface area (Å²) in [6.07, 6.45) is 2.63. The SMILES string of the molecule is CCCn1c(C)cc(/C=C(/C#N)C(=O)Nc2ccc3c(c2)C(=O)NC3)c1C. The number of anilines is 1. The maximum Gasteiger partial charge on any atom is 0.266 e. The summed E-state index contributed by atoms with van der Waals surface area (Å²) in [4.78, 5) is 24.3. The molecule has 6 heteroatoms. The second kappa shape index (κ2) is 7.50. The third kappa shape index (κ3) is 3.63. The highest BCUT2D eigenvalue weighted by atomic mass is 16.2. The van der Waals surface area contributed by atoms with Crippen LogP contribution in [0.4, 0.5) is 5.69 Å². The summed E-state index contributed by atoms with van der Waals surface area (Å²) in [5.41, 5.74) is 4.97. The van der Waals surface area contributed by atoms with Crippen LogP contribution in [0.5, 0.6) is 0 Å². The molecule has 2 amide bonds. The Balaban J connectivity index is 1.84. The summed E-state index contributed by atoms with van der Waals surface area (Å²) in [7, 11) is 0. The van der Waals surface area contributed by atoms with Gasteiger partial charge in [-0.1, -0.05) is 13.0 Å². The third-order valence-electron chi connectivity index (χ3n) is 4.78. The van der Waals surface area contributed by atoms with E-state index in [1.807, 2.05) is 26.0 Å². The van der Waals surface area contributed by atoms with E-state index in [1.165, 1.54) is 0 Å². The van der Waals surface area contributed by atoms with Gasteiger partial charge in [-0.05, 0) is 55.7 Å². The van der Waals surface area contributed by atoms with Crippen LogP contribution in [0.3, 0.4) is 0 Å². The van der Waals surface area contributed by atoms with E-state index in [-0.39, 0.29) is 11.5 Å². The molecule has 2 N–H and O–H groups in total. The fourth-order valence-corrected chi connectivity index (χ4v) is 3.33. The van der Waals surface area contributed by atoms with Crippen molar-refractivity contribution in [2.75, 3.05) is 5.32 Å². The smallest absolute Gasteiger partial charge is 0.266 e. The van der Waals surface area contributed by atoms with E-state index >= 15 is 0 Å². The first-order chi connectivity index (χ1) is 12.9. The van der Waals surface area contributed by atoms with Gasteiger partial charge in [0.25, 0.3) is 11.8 Å². The molecule has 0 fully saturated rings. The Morgan fingerprint density at radius 2 is 2.15 bits per heavy atom. The highest BCUT2D eigenvalue weighted by molar-refractivity contribution is 6.10. The van der Waals surface area contributed by atoms with Crippen LogP contribution in [0.25, 0.3) is 6.08 Å². The van der Waals surface area contributed by atoms with Gasteiger partial charge in [-0.2, -0.15) is 5.26 Å². The number of carbonyl (C=O) groups is 2. The van der Waals surface area contributed by atoms with Gasteiger partial charge in [0.1, 0.15) is 11.6 Å². The largest absolute Gasteiger partial charge is 0.349 e. The number of amides is 2. The molecule has 1 aromatic carbocycles. The Morgan fingerprint density at radius 3 is 2.85 bits per heavy atom. The van der Waals surface area contributed by atoms with E-state index in [4.69, 9.17) is 0 Å². The van der Waals surface area contributed by atoms with Crippen molar-refractivity contribution in [2.45, 2.75) is 40.3 Å². The number of carbonyl (C=O) groups excluding carboxylic acids is 2. The van der Waals surface area contributed by atoms with Gasteiger partial charge in [-0.15, -0.1) is 0 Å². The predicted molar refractivity (Wildman–Crippen MR) is 104 cm³/mol. The number of hydrogen-bond acceptors (Lipinski definition) is 3. The highest BCUT2D eigenvalue weighted by Crippen LogP contribution is 2.22. The Hall–Kier alpha value is -3.33. The Morgan fingerprint density at radius 1 is 1.37 bits per heavy atom. The number of nitrogens with one attached hydrogen (secondary N) is 2. The molecule has 1 aliphatic heterocycles. The Bertz CT molecular complexity index is 992. The van der Waals surface area contributed by atoms with Gasteiger partial charge in [0.2, 0.25) is 0 Å². The summed E-state index contributed by atoms with van der Waals surface area (Å²) in [6.45, 7) is 7.51. The number of fused-ring (bicyclic) bond motifs is 1. The van der Waals surface area contributed by atoms with Crippen LogP contribution in [-0.2, 0) is 17.9 Å². The zero-order valence-electron chi connectivity index (χ0n) is 15.7. The van der Waals surface area contributed by atoms with Crippen LogP contribution >= 0.6 is 0 Å². The monoisotopic (exact) mass is 362 g/mol. The number of benzene rings is 1. The molecule has 2 heterocycles. The van der Waals surface area contributed by atoms with Crippen LogP contribution in [0, 0.1) is 25.2 Å². The number of nitrogens with zero attached hydrogens (tertiary/aromatic N) is 2. The maximum absolute atomic E-state index is 12.5. The van der Waals surface area contributed by atoms with Crippen molar-refractivity contribution < 1.29 is 9.59 Å². The number of hydrogen-bond donors (Lipinski definition) is 2. The fourth-order valence-electron chi connectivity index (χ4n) is 3.33.